The van der Waals surface area contributed by atoms with Gasteiger partial charge in [0.2, 0.25) is 0 Å². The Labute approximate surface area is 281 Å². The fraction of sp³-hybridized carbons (Fsp3) is 0.359. The maximum absolute atomic E-state index is 15.0. The molecule has 0 saturated carbocycles. The molecule has 3 aromatic rings. The average Bonchev–Trinajstić information content (AvgIpc) is 3.37. The number of amides is 1. The van der Waals surface area contributed by atoms with Crippen molar-refractivity contribution >= 4 is 6.09 Å². The van der Waals surface area contributed by atoms with Crippen molar-refractivity contribution in [3.8, 4) is 22.8 Å². The summed E-state index contributed by atoms with van der Waals surface area (Å²) in [7, 11) is 0. The third-order valence-corrected chi connectivity index (χ3v) is 8.50. The molecule has 5 rings (SSSR count). The van der Waals surface area contributed by atoms with Crippen LogP contribution in [0.1, 0.15) is 81.8 Å². The van der Waals surface area contributed by atoms with E-state index in [1.807, 2.05) is 81.4 Å². The molecule has 0 aliphatic carbocycles. The molecule has 0 unspecified atom stereocenters. The van der Waals surface area contributed by atoms with Gasteiger partial charge in [-0.1, -0.05) is 92.4 Å². The lowest BCUT2D eigenvalue weighted by Gasteiger charge is -2.33. The molecule has 0 saturated heterocycles. The number of nitrogens with one attached hydrogen (secondary N) is 1. The Balaban J connectivity index is 1.17. The highest BCUT2D eigenvalue weighted by Crippen LogP contribution is 2.25. The summed E-state index contributed by atoms with van der Waals surface area (Å²) in [5, 5.41) is 9.40. The number of hydrogen-bond acceptors (Lipinski definition) is 4. The predicted octanol–water partition coefficient (Wildman–Crippen LogP) is 8.48. The second kappa shape index (κ2) is 15.8. The SMILES string of the molecule is CC(C)(C)N(CCCCCCCCOc1ccc(Cc2nc3c(Cc4ccccc4)[nH]c(-c4ccccc4)cn-3c2=O)cc1F)C(=O)O. The van der Waals surface area contributed by atoms with E-state index in [-0.39, 0.29) is 17.7 Å². The zero-order valence-corrected chi connectivity index (χ0v) is 28.0. The molecule has 1 amide bonds. The monoisotopic (exact) mass is 652 g/mol. The summed E-state index contributed by atoms with van der Waals surface area (Å²) in [5.74, 6) is 0.292. The molecule has 2 N–H and O–H groups in total. The molecule has 0 aromatic heterocycles. The number of carbonyl (C=O) groups is 1. The zero-order chi connectivity index (χ0) is 34.1. The normalized spacial score (nSPS) is 11.6. The van der Waals surface area contributed by atoms with E-state index in [0.717, 1.165) is 61.0 Å². The number of aromatic nitrogens is 3. The Kier molecular flexibility index (Phi) is 11.3. The Hall–Kier alpha value is -4.92. The highest BCUT2D eigenvalue weighted by atomic mass is 19.1. The topological polar surface area (TPSA) is 100 Å². The van der Waals surface area contributed by atoms with Crippen LogP contribution in [0.15, 0.2) is 89.9 Å². The van der Waals surface area contributed by atoms with E-state index in [0.29, 0.717) is 36.6 Å². The molecular weight excluding hydrogens is 607 g/mol. The molecule has 8 nitrogen and oxygen atoms in total. The Bertz CT molecular complexity index is 1810. The Morgan fingerprint density at radius 1 is 0.896 bits per heavy atom. The molecule has 3 aromatic carbocycles. The second-order valence-corrected chi connectivity index (χ2v) is 13.2. The maximum Gasteiger partial charge on any atom is 0.407 e. The molecular formula is C39H45FN4O4. The molecule has 0 atom stereocenters. The van der Waals surface area contributed by atoms with Crippen molar-refractivity contribution in [1.29, 1.82) is 0 Å². The van der Waals surface area contributed by atoms with Crippen molar-refractivity contribution in [3.05, 3.63) is 124 Å². The summed E-state index contributed by atoms with van der Waals surface area (Å²) in [4.78, 5) is 34.8. The number of imidazole rings is 1. The lowest BCUT2D eigenvalue weighted by Crippen LogP contribution is -2.45. The molecule has 2 aliphatic rings. The van der Waals surface area contributed by atoms with Gasteiger partial charge in [0.15, 0.2) is 17.4 Å². The molecule has 252 valence electrons. The number of nitrogens with zero attached hydrogens (tertiary/aromatic N) is 3. The van der Waals surface area contributed by atoms with Gasteiger partial charge in [0, 0.05) is 31.1 Å². The van der Waals surface area contributed by atoms with Crippen molar-refractivity contribution in [2.45, 2.75) is 77.7 Å². The number of H-pyrrole nitrogens is 1. The first-order valence-corrected chi connectivity index (χ1v) is 16.7. The van der Waals surface area contributed by atoms with Crippen LogP contribution in [-0.2, 0) is 12.8 Å². The predicted molar refractivity (Wildman–Crippen MR) is 187 cm³/mol. The van der Waals surface area contributed by atoms with Gasteiger partial charge in [0.1, 0.15) is 5.69 Å². The number of unbranched alkanes of at least 4 members (excludes halogenated alkanes) is 5. The average molecular weight is 653 g/mol. The Morgan fingerprint density at radius 3 is 2.23 bits per heavy atom. The summed E-state index contributed by atoms with van der Waals surface area (Å²) < 4.78 is 22.4. The van der Waals surface area contributed by atoms with Gasteiger partial charge in [0.25, 0.3) is 5.56 Å². The third-order valence-electron chi connectivity index (χ3n) is 8.50. The van der Waals surface area contributed by atoms with Crippen LogP contribution in [-0.4, -0.2) is 49.3 Å². The number of fused-ring (bicyclic) bond motifs is 1. The smallest absolute Gasteiger partial charge is 0.407 e. The Morgan fingerprint density at radius 2 is 1.56 bits per heavy atom. The minimum Gasteiger partial charge on any atom is -0.491 e. The van der Waals surface area contributed by atoms with Crippen LogP contribution in [0.25, 0.3) is 17.1 Å². The van der Waals surface area contributed by atoms with Gasteiger partial charge in [-0.2, -0.15) is 0 Å². The van der Waals surface area contributed by atoms with Gasteiger partial charge in [-0.05, 0) is 62.4 Å². The molecule has 2 aliphatic heterocycles. The van der Waals surface area contributed by atoms with Crippen LogP contribution in [0.5, 0.6) is 5.75 Å². The molecule has 0 spiro atoms. The third kappa shape index (κ3) is 8.91. The number of halogens is 1. The number of hydrogen-bond donors (Lipinski definition) is 2. The second-order valence-electron chi connectivity index (χ2n) is 13.2. The molecule has 0 radical (unpaired) electrons. The highest BCUT2D eigenvalue weighted by molar-refractivity contribution is 5.66. The summed E-state index contributed by atoms with van der Waals surface area (Å²) in [5.41, 5.74) is 4.06. The van der Waals surface area contributed by atoms with Crippen LogP contribution in [0.4, 0.5) is 9.18 Å². The summed E-state index contributed by atoms with van der Waals surface area (Å²) in [6, 6.07) is 24.7. The van der Waals surface area contributed by atoms with Crippen LogP contribution in [0.3, 0.4) is 0 Å². The van der Waals surface area contributed by atoms with Crippen molar-refractivity contribution in [2.75, 3.05) is 13.2 Å². The van der Waals surface area contributed by atoms with E-state index >= 15 is 4.39 Å². The van der Waals surface area contributed by atoms with E-state index in [1.165, 1.54) is 11.0 Å². The number of carboxylic acid groups (broad SMARTS) is 1. The zero-order valence-electron chi connectivity index (χ0n) is 28.0. The summed E-state index contributed by atoms with van der Waals surface area (Å²) >= 11 is 0. The van der Waals surface area contributed by atoms with Gasteiger partial charge < -0.3 is 19.7 Å². The fourth-order valence-corrected chi connectivity index (χ4v) is 5.92. The number of ether oxygens (including phenoxy) is 1. The molecule has 0 bridgehead atoms. The van der Waals surface area contributed by atoms with Crippen LogP contribution in [0.2, 0.25) is 0 Å². The van der Waals surface area contributed by atoms with E-state index < -0.39 is 17.4 Å². The maximum atomic E-state index is 15.0. The number of aromatic amines is 1. The van der Waals surface area contributed by atoms with E-state index in [9.17, 15) is 14.7 Å². The first-order valence-electron chi connectivity index (χ1n) is 16.7. The summed E-state index contributed by atoms with van der Waals surface area (Å²) in [6.45, 7) is 6.67. The van der Waals surface area contributed by atoms with Crippen molar-refractivity contribution in [2.24, 2.45) is 0 Å². The fourth-order valence-electron chi connectivity index (χ4n) is 5.92. The van der Waals surface area contributed by atoms with Gasteiger partial charge in [-0.15, -0.1) is 0 Å². The van der Waals surface area contributed by atoms with Gasteiger partial charge in [0.05, 0.1) is 18.0 Å². The van der Waals surface area contributed by atoms with E-state index in [2.05, 4.69) is 4.98 Å². The molecule has 0 fully saturated rings. The number of rotatable bonds is 15. The first kappa shape index (κ1) is 34.4. The van der Waals surface area contributed by atoms with Gasteiger partial charge >= 0.3 is 6.09 Å². The van der Waals surface area contributed by atoms with Crippen LogP contribution < -0.4 is 10.3 Å². The number of benzene rings is 3. The lowest BCUT2D eigenvalue weighted by atomic mass is 10.1. The molecule has 2 heterocycles. The van der Waals surface area contributed by atoms with Crippen LogP contribution >= 0.6 is 0 Å². The summed E-state index contributed by atoms with van der Waals surface area (Å²) in [6.07, 6.45) is 7.28. The largest absolute Gasteiger partial charge is 0.491 e. The minimum absolute atomic E-state index is 0.194. The quantitative estimate of drug-likeness (QED) is 0.111. The van der Waals surface area contributed by atoms with Crippen LogP contribution in [0, 0.1) is 5.82 Å². The molecule has 48 heavy (non-hydrogen) atoms. The van der Waals surface area contributed by atoms with Gasteiger partial charge in [-0.25, -0.2) is 14.2 Å². The van der Waals surface area contributed by atoms with Crippen molar-refractivity contribution in [3.63, 3.8) is 0 Å². The van der Waals surface area contributed by atoms with Crippen molar-refractivity contribution < 1.29 is 19.0 Å². The van der Waals surface area contributed by atoms with E-state index in [4.69, 9.17) is 9.72 Å². The molecule has 9 heteroatoms. The highest BCUT2D eigenvalue weighted by Gasteiger charge is 2.25. The lowest BCUT2D eigenvalue weighted by molar-refractivity contribution is 0.0989. The van der Waals surface area contributed by atoms with E-state index in [1.54, 1.807) is 22.9 Å². The van der Waals surface area contributed by atoms with Crippen molar-refractivity contribution in [1.82, 2.24) is 19.4 Å². The first-order chi connectivity index (χ1) is 23.1. The standard InChI is InChI=1S/C39H45FN4O4/c1-39(2,3)44(38(46)47)22-14-6-4-5-7-15-23-48-35-21-20-29(24-31(35)40)26-33-37(45)43-27-34(30-18-12-9-13-19-30)41-32(36(43)42-33)25-28-16-10-8-11-17-28/h8-13,16-21,24,27,41H,4-7,14-15,22-23,25-26H2,1-3H3,(H,46,47). The van der Waals surface area contributed by atoms with Gasteiger partial charge in [-0.3, -0.25) is 9.36 Å². The minimum atomic E-state index is -0.880.